The van der Waals surface area contributed by atoms with Crippen LogP contribution in [0.5, 0.6) is 0 Å². The van der Waals surface area contributed by atoms with Crippen molar-refractivity contribution in [3.63, 3.8) is 0 Å². The van der Waals surface area contributed by atoms with Crippen LogP contribution in [0.25, 0.3) is 0 Å². The van der Waals surface area contributed by atoms with Crippen molar-refractivity contribution in [3.8, 4) is 6.07 Å². The Balaban J connectivity index is 3.90. The molecule has 3 nitrogen and oxygen atoms in total. The lowest BCUT2D eigenvalue weighted by Gasteiger charge is -2.15. The van der Waals surface area contributed by atoms with Crippen LogP contribution in [0, 0.1) is 11.3 Å². The number of allylic oxidation sites excluding steroid dienone is 2. The Bertz CT molecular complexity index is 332. The van der Waals surface area contributed by atoms with E-state index in [-0.39, 0.29) is 0 Å². The second-order valence-electron chi connectivity index (χ2n) is 3.41. The van der Waals surface area contributed by atoms with Gasteiger partial charge in [-0.2, -0.15) is 5.26 Å². The average molecular weight is 279 g/mol. The van der Waals surface area contributed by atoms with Crippen molar-refractivity contribution in [3.05, 3.63) is 11.1 Å². The maximum Gasteiger partial charge on any atom is 0.244 e. The number of hydrogen-bond acceptors (Lipinski definition) is 4. The van der Waals surface area contributed by atoms with Crippen molar-refractivity contribution >= 4 is 29.7 Å². The summed E-state index contributed by atoms with van der Waals surface area (Å²) in [6, 6.07) is 2.18. The molecule has 0 aromatic rings. The first kappa shape index (κ1) is 16.1. The normalized spacial score (nSPS) is 13.9. The van der Waals surface area contributed by atoms with Gasteiger partial charge in [0, 0.05) is 5.57 Å². The molecule has 16 heavy (non-hydrogen) atoms. The highest BCUT2D eigenvalue weighted by Gasteiger charge is 2.11. The first-order chi connectivity index (χ1) is 7.43. The smallest absolute Gasteiger partial charge is 0.244 e. The summed E-state index contributed by atoms with van der Waals surface area (Å²) >= 11 is 9.21. The van der Waals surface area contributed by atoms with Gasteiger partial charge in [0.2, 0.25) is 5.69 Å². The fourth-order valence-electron chi connectivity index (χ4n) is 1.05. The molecule has 0 heterocycles. The van der Waals surface area contributed by atoms with Crippen molar-refractivity contribution in [2.45, 2.75) is 33.6 Å². The monoisotopic (exact) mass is 279 g/mol. The Morgan fingerprint density at radius 1 is 1.44 bits per heavy atom. The van der Waals surface area contributed by atoms with Gasteiger partial charge in [-0.3, -0.25) is 0 Å². The van der Waals surface area contributed by atoms with Crippen LogP contribution < -0.4 is 0 Å². The zero-order valence-corrected chi connectivity index (χ0v) is 12.5. The molecule has 0 spiro atoms. The summed E-state index contributed by atoms with van der Waals surface area (Å²) in [5.74, 6) is 0. The number of nitrogens with zero attached hydrogens (tertiary/aromatic N) is 1. The summed E-state index contributed by atoms with van der Waals surface area (Å²) in [7, 11) is 0. The second kappa shape index (κ2) is 8.27. The van der Waals surface area contributed by atoms with Crippen LogP contribution >= 0.6 is 17.9 Å². The Labute approximate surface area is 108 Å². The maximum atomic E-state index is 8.84. The van der Waals surface area contributed by atoms with Crippen molar-refractivity contribution in [2.75, 3.05) is 13.2 Å². The SMILES string of the molecule is CCOP(=S)(S)OCCCC(C#N)=C(C)C. The van der Waals surface area contributed by atoms with Crippen molar-refractivity contribution in [1.29, 1.82) is 5.26 Å². The molecule has 6 heteroatoms. The van der Waals surface area contributed by atoms with Crippen molar-refractivity contribution in [1.82, 2.24) is 0 Å². The van der Waals surface area contributed by atoms with Gasteiger partial charge in [0.05, 0.1) is 19.3 Å². The number of nitriles is 1. The van der Waals surface area contributed by atoms with Crippen LogP contribution in [0.4, 0.5) is 0 Å². The molecule has 0 saturated heterocycles. The van der Waals surface area contributed by atoms with Crippen LogP contribution in [0.2, 0.25) is 0 Å². The zero-order chi connectivity index (χ0) is 12.6. The molecule has 0 aromatic heterocycles. The minimum atomic E-state index is -2.36. The van der Waals surface area contributed by atoms with E-state index in [9.17, 15) is 0 Å². The number of rotatable bonds is 7. The molecule has 0 rings (SSSR count). The Kier molecular flexibility index (Phi) is 8.35. The second-order valence-corrected chi connectivity index (χ2v) is 8.70. The van der Waals surface area contributed by atoms with Crippen molar-refractivity contribution < 1.29 is 9.05 Å². The van der Waals surface area contributed by atoms with Crippen LogP contribution in [-0.2, 0) is 20.9 Å². The van der Waals surface area contributed by atoms with E-state index < -0.39 is 5.69 Å². The molecule has 0 aliphatic rings. The van der Waals surface area contributed by atoms with Crippen LogP contribution in [0.1, 0.15) is 33.6 Å². The van der Waals surface area contributed by atoms with Gasteiger partial charge in [-0.15, -0.1) is 0 Å². The molecule has 0 aliphatic carbocycles. The Morgan fingerprint density at radius 3 is 2.50 bits per heavy atom. The first-order valence-corrected chi connectivity index (χ1v) is 8.90. The zero-order valence-electron chi connectivity index (χ0n) is 9.89. The van der Waals surface area contributed by atoms with Crippen LogP contribution in [0.15, 0.2) is 11.1 Å². The summed E-state index contributed by atoms with van der Waals surface area (Å²) in [5.41, 5.74) is -0.490. The molecule has 0 aliphatic heterocycles. The fraction of sp³-hybridized carbons (Fsp3) is 0.700. The maximum absolute atomic E-state index is 8.84. The van der Waals surface area contributed by atoms with E-state index in [1.54, 1.807) is 0 Å². The molecule has 0 bridgehead atoms. The third kappa shape index (κ3) is 7.43. The topological polar surface area (TPSA) is 42.2 Å². The van der Waals surface area contributed by atoms with E-state index >= 15 is 0 Å². The summed E-state index contributed by atoms with van der Waals surface area (Å²) in [4.78, 5) is 0. The molecule has 1 atom stereocenters. The highest BCUT2D eigenvalue weighted by molar-refractivity contribution is 8.60. The third-order valence-electron chi connectivity index (χ3n) is 1.86. The average Bonchev–Trinajstić information content (AvgIpc) is 2.17. The summed E-state index contributed by atoms with van der Waals surface area (Å²) in [5, 5.41) is 8.84. The van der Waals surface area contributed by atoms with E-state index in [4.69, 9.17) is 26.1 Å². The number of thiol groups is 1. The van der Waals surface area contributed by atoms with E-state index in [2.05, 4.69) is 18.3 Å². The van der Waals surface area contributed by atoms with E-state index in [1.807, 2.05) is 20.8 Å². The molecular weight excluding hydrogens is 261 g/mol. The summed E-state index contributed by atoms with van der Waals surface area (Å²) in [6.07, 6.45) is 1.48. The van der Waals surface area contributed by atoms with Gasteiger partial charge in [-0.05, 0) is 45.4 Å². The minimum absolute atomic E-state index is 0.485. The molecule has 0 amide bonds. The lowest BCUT2D eigenvalue weighted by atomic mass is 10.1. The van der Waals surface area contributed by atoms with Gasteiger partial charge in [-0.1, -0.05) is 17.8 Å². The third-order valence-corrected chi connectivity index (χ3v) is 4.27. The first-order valence-electron chi connectivity index (χ1n) is 5.11. The van der Waals surface area contributed by atoms with Gasteiger partial charge in [0.15, 0.2) is 0 Å². The molecule has 1 unspecified atom stereocenters. The van der Waals surface area contributed by atoms with Gasteiger partial charge in [0.25, 0.3) is 0 Å². The predicted molar refractivity (Wildman–Crippen MR) is 74.1 cm³/mol. The summed E-state index contributed by atoms with van der Waals surface area (Å²) < 4.78 is 10.6. The minimum Gasteiger partial charge on any atom is -0.322 e. The van der Waals surface area contributed by atoms with Crippen molar-refractivity contribution in [2.24, 2.45) is 0 Å². The fourth-order valence-corrected chi connectivity index (χ4v) is 2.94. The highest BCUT2D eigenvalue weighted by Crippen LogP contribution is 2.53. The molecule has 0 radical (unpaired) electrons. The standard InChI is InChI=1S/C10H18NO2PS2/c1-4-12-14(15,16)13-7-5-6-10(8-11)9(2)3/h4-7H2,1-3H3,(H,15,16). The molecule has 92 valence electrons. The lowest BCUT2D eigenvalue weighted by molar-refractivity contribution is 0.266. The van der Waals surface area contributed by atoms with E-state index in [0.717, 1.165) is 17.6 Å². The Hall–Kier alpha value is 0.150. The van der Waals surface area contributed by atoms with Gasteiger partial charge in [-0.25, -0.2) is 0 Å². The Morgan fingerprint density at radius 2 is 2.06 bits per heavy atom. The predicted octanol–water partition coefficient (Wildman–Crippen LogP) is 3.83. The van der Waals surface area contributed by atoms with Crippen LogP contribution in [0.3, 0.4) is 0 Å². The molecular formula is C10H18NO2PS2. The lowest BCUT2D eigenvalue weighted by Crippen LogP contribution is -1.94. The van der Waals surface area contributed by atoms with Crippen LogP contribution in [-0.4, -0.2) is 13.2 Å². The van der Waals surface area contributed by atoms with E-state index in [1.165, 1.54) is 0 Å². The molecule has 0 N–H and O–H groups in total. The van der Waals surface area contributed by atoms with E-state index in [0.29, 0.717) is 19.6 Å². The van der Waals surface area contributed by atoms with Gasteiger partial charge >= 0.3 is 0 Å². The molecule has 0 saturated carbocycles. The number of hydrogen-bond donors (Lipinski definition) is 1. The largest absolute Gasteiger partial charge is 0.322 e. The quantitative estimate of drug-likeness (QED) is 0.333. The van der Waals surface area contributed by atoms with Gasteiger partial charge in [0.1, 0.15) is 0 Å². The highest BCUT2D eigenvalue weighted by atomic mass is 32.9. The molecule has 0 aromatic carbocycles. The molecule has 0 fully saturated rings. The summed E-state index contributed by atoms with van der Waals surface area (Å²) in [6.45, 7) is 6.72. The van der Waals surface area contributed by atoms with Gasteiger partial charge < -0.3 is 9.05 Å².